The molecule has 2 amide bonds. The van der Waals surface area contributed by atoms with E-state index in [1.54, 1.807) is 9.80 Å². The zero-order valence-electron chi connectivity index (χ0n) is 16.5. The lowest BCUT2D eigenvalue weighted by molar-refractivity contribution is -0.0828. The normalized spacial score (nSPS) is 21.6. The molecule has 0 aromatic heterocycles. The third-order valence-electron chi connectivity index (χ3n) is 4.87. The highest BCUT2D eigenvalue weighted by molar-refractivity contribution is 5.73. The summed E-state index contributed by atoms with van der Waals surface area (Å²) in [4.78, 5) is 28.6. The molecule has 0 unspecified atom stereocenters. The Balaban J connectivity index is 1.64. The van der Waals surface area contributed by atoms with Crippen LogP contribution < -0.4 is 5.32 Å². The van der Waals surface area contributed by atoms with Crippen molar-refractivity contribution in [2.45, 2.75) is 51.5 Å². The van der Waals surface area contributed by atoms with E-state index in [1.807, 2.05) is 58.0 Å². The standard InChI is InChI=1S/C20H29N3O4/c1-15-10-21-12-20(13-22(14-20)17(24)27-19(2,3)4)23(15)18(25)26-11-16-8-6-5-7-9-16/h5-9,15,21H,10-14H2,1-4H3/t15-/m0/s1. The molecule has 0 radical (unpaired) electrons. The van der Waals surface area contributed by atoms with Crippen LogP contribution in [0, 0.1) is 0 Å². The summed E-state index contributed by atoms with van der Waals surface area (Å²) in [6.45, 7) is 9.99. The predicted octanol–water partition coefficient (Wildman–Crippen LogP) is 2.61. The van der Waals surface area contributed by atoms with Crippen LogP contribution in [0.5, 0.6) is 0 Å². The van der Waals surface area contributed by atoms with Crippen LogP contribution in [0.15, 0.2) is 30.3 Å². The Hall–Kier alpha value is -2.28. The van der Waals surface area contributed by atoms with Crippen LogP contribution in [0.2, 0.25) is 0 Å². The summed E-state index contributed by atoms with van der Waals surface area (Å²) in [5, 5.41) is 3.37. The maximum absolute atomic E-state index is 12.8. The average Bonchev–Trinajstić information content (AvgIpc) is 2.56. The minimum absolute atomic E-state index is 0.0113. The molecule has 2 saturated heterocycles. The number of amides is 2. The topological polar surface area (TPSA) is 71.1 Å². The highest BCUT2D eigenvalue weighted by Crippen LogP contribution is 2.33. The number of rotatable bonds is 2. The van der Waals surface area contributed by atoms with Crippen molar-refractivity contribution >= 4 is 12.2 Å². The fraction of sp³-hybridized carbons (Fsp3) is 0.600. The molecule has 148 valence electrons. The first-order chi connectivity index (χ1) is 12.7. The number of carbonyl (C=O) groups excluding carboxylic acids is 2. The SMILES string of the molecule is C[C@H]1CNCC2(CN(C(=O)OC(C)(C)C)C2)N1C(=O)OCc1ccccc1. The van der Waals surface area contributed by atoms with Crippen molar-refractivity contribution in [2.24, 2.45) is 0 Å². The summed E-state index contributed by atoms with van der Waals surface area (Å²) in [6, 6.07) is 9.61. The van der Waals surface area contributed by atoms with Gasteiger partial charge in [0.2, 0.25) is 0 Å². The smallest absolute Gasteiger partial charge is 0.411 e. The van der Waals surface area contributed by atoms with Crippen molar-refractivity contribution in [1.82, 2.24) is 15.1 Å². The lowest BCUT2D eigenvalue weighted by Crippen LogP contribution is -2.80. The number of nitrogens with zero attached hydrogens (tertiary/aromatic N) is 2. The van der Waals surface area contributed by atoms with Gasteiger partial charge in [-0.3, -0.25) is 4.90 Å². The summed E-state index contributed by atoms with van der Waals surface area (Å²) in [7, 11) is 0. The highest BCUT2D eigenvalue weighted by atomic mass is 16.6. The molecular formula is C20H29N3O4. The monoisotopic (exact) mass is 375 g/mol. The first kappa shape index (κ1) is 19.5. The minimum Gasteiger partial charge on any atom is -0.445 e. The third-order valence-corrected chi connectivity index (χ3v) is 4.87. The Labute approximate surface area is 160 Å². The summed E-state index contributed by atoms with van der Waals surface area (Å²) in [5.74, 6) is 0. The van der Waals surface area contributed by atoms with E-state index in [0.717, 1.165) is 5.56 Å². The quantitative estimate of drug-likeness (QED) is 0.860. The Morgan fingerprint density at radius 2 is 1.85 bits per heavy atom. The van der Waals surface area contributed by atoms with Gasteiger partial charge >= 0.3 is 12.2 Å². The van der Waals surface area contributed by atoms with E-state index in [-0.39, 0.29) is 24.8 Å². The number of nitrogens with one attached hydrogen (secondary N) is 1. The second kappa shape index (κ2) is 7.38. The van der Waals surface area contributed by atoms with Crippen molar-refractivity contribution in [3.63, 3.8) is 0 Å². The summed E-state index contributed by atoms with van der Waals surface area (Å²) >= 11 is 0. The van der Waals surface area contributed by atoms with E-state index in [2.05, 4.69) is 5.32 Å². The average molecular weight is 375 g/mol. The lowest BCUT2D eigenvalue weighted by Gasteiger charge is -2.58. The van der Waals surface area contributed by atoms with Crippen LogP contribution in [0.25, 0.3) is 0 Å². The van der Waals surface area contributed by atoms with Gasteiger partial charge in [-0.05, 0) is 33.3 Å². The third kappa shape index (κ3) is 4.35. The van der Waals surface area contributed by atoms with Crippen LogP contribution in [0.4, 0.5) is 9.59 Å². The first-order valence-electron chi connectivity index (χ1n) is 9.39. The molecule has 0 aliphatic carbocycles. The molecule has 7 nitrogen and oxygen atoms in total. The van der Waals surface area contributed by atoms with Crippen LogP contribution in [0.1, 0.15) is 33.3 Å². The molecule has 27 heavy (non-hydrogen) atoms. The molecule has 3 rings (SSSR count). The second-order valence-electron chi connectivity index (χ2n) is 8.45. The molecule has 1 N–H and O–H groups in total. The molecule has 2 aliphatic heterocycles. The highest BCUT2D eigenvalue weighted by Gasteiger charge is 2.55. The van der Waals surface area contributed by atoms with Gasteiger partial charge < -0.3 is 19.7 Å². The molecule has 1 aromatic carbocycles. The van der Waals surface area contributed by atoms with Crippen LogP contribution in [0.3, 0.4) is 0 Å². The molecule has 2 heterocycles. The van der Waals surface area contributed by atoms with Crippen molar-refractivity contribution in [3.05, 3.63) is 35.9 Å². The van der Waals surface area contributed by atoms with Crippen LogP contribution >= 0.6 is 0 Å². The van der Waals surface area contributed by atoms with Gasteiger partial charge in [0, 0.05) is 19.1 Å². The molecule has 0 bridgehead atoms. The van der Waals surface area contributed by atoms with Gasteiger partial charge in [0.05, 0.1) is 18.6 Å². The lowest BCUT2D eigenvalue weighted by atomic mass is 9.85. The molecule has 0 saturated carbocycles. The minimum atomic E-state index is -0.535. The van der Waals surface area contributed by atoms with E-state index in [1.165, 1.54) is 0 Å². The van der Waals surface area contributed by atoms with Gasteiger partial charge in [0.15, 0.2) is 0 Å². The second-order valence-corrected chi connectivity index (χ2v) is 8.45. The van der Waals surface area contributed by atoms with E-state index in [4.69, 9.17) is 9.47 Å². The predicted molar refractivity (Wildman–Crippen MR) is 101 cm³/mol. The van der Waals surface area contributed by atoms with Gasteiger partial charge in [-0.1, -0.05) is 30.3 Å². The van der Waals surface area contributed by atoms with Gasteiger partial charge in [-0.25, -0.2) is 9.59 Å². The van der Waals surface area contributed by atoms with Crippen molar-refractivity contribution < 1.29 is 19.1 Å². The van der Waals surface area contributed by atoms with Crippen LogP contribution in [-0.2, 0) is 16.1 Å². The number of hydrogen-bond donors (Lipinski definition) is 1. The van der Waals surface area contributed by atoms with Gasteiger partial charge in [0.1, 0.15) is 12.2 Å². The number of benzene rings is 1. The Kier molecular flexibility index (Phi) is 5.33. The Morgan fingerprint density at radius 3 is 2.48 bits per heavy atom. The molecule has 1 aromatic rings. The van der Waals surface area contributed by atoms with E-state index in [0.29, 0.717) is 26.2 Å². The largest absolute Gasteiger partial charge is 0.445 e. The van der Waals surface area contributed by atoms with Crippen LogP contribution in [-0.4, -0.2) is 65.3 Å². The number of carbonyl (C=O) groups is 2. The maximum atomic E-state index is 12.8. The zero-order valence-corrected chi connectivity index (χ0v) is 16.5. The molecule has 1 spiro atoms. The molecule has 1 atom stereocenters. The number of hydrogen-bond acceptors (Lipinski definition) is 5. The molecule has 2 fully saturated rings. The summed E-state index contributed by atoms with van der Waals surface area (Å²) in [6.07, 6.45) is -0.680. The van der Waals surface area contributed by atoms with Crippen molar-refractivity contribution in [1.29, 1.82) is 0 Å². The fourth-order valence-corrected chi connectivity index (χ4v) is 3.70. The maximum Gasteiger partial charge on any atom is 0.411 e. The van der Waals surface area contributed by atoms with E-state index >= 15 is 0 Å². The summed E-state index contributed by atoms with van der Waals surface area (Å²) < 4.78 is 11.0. The fourth-order valence-electron chi connectivity index (χ4n) is 3.70. The van der Waals surface area contributed by atoms with E-state index in [9.17, 15) is 9.59 Å². The van der Waals surface area contributed by atoms with Gasteiger partial charge in [-0.15, -0.1) is 0 Å². The zero-order chi connectivity index (χ0) is 19.7. The Morgan fingerprint density at radius 1 is 1.19 bits per heavy atom. The summed E-state index contributed by atoms with van der Waals surface area (Å²) in [5.41, 5.74) is -0.0270. The molecule has 7 heteroatoms. The first-order valence-corrected chi connectivity index (χ1v) is 9.39. The number of likely N-dealkylation sites (tertiary alicyclic amines) is 1. The molecule has 2 aliphatic rings. The number of ether oxygens (including phenoxy) is 2. The molecular weight excluding hydrogens is 346 g/mol. The van der Waals surface area contributed by atoms with Gasteiger partial charge in [0.25, 0.3) is 0 Å². The number of piperazine rings is 1. The van der Waals surface area contributed by atoms with E-state index < -0.39 is 11.1 Å². The van der Waals surface area contributed by atoms with Gasteiger partial charge in [-0.2, -0.15) is 0 Å². The van der Waals surface area contributed by atoms with Crippen molar-refractivity contribution in [2.75, 3.05) is 26.2 Å². The Bertz CT molecular complexity index is 680. The van der Waals surface area contributed by atoms with Crippen molar-refractivity contribution in [3.8, 4) is 0 Å².